The summed E-state index contributed by atoms with van der Waals surface area (Å²) in [6.45, 7) is 3.07. The van der Waals surface area contributed by atoms with Crippen LogP contribution in [0.4, 0.5) is 11.4 Å². The zero-order valence-electron chi connectivity index (χ0n) is 9.24. The van der Waals surface area contributed by atoms with Crippen LogP contribution >= 0.6 is 0 Å². The highest BCUT2D eigenvalue weighted by atomic mass is 15.1. The fourth-order valence-corrected chi connectivity index (χ4v) is 1.34. The van der Waals surface area contributed by atoms with E-state index in [2.05, 4.69) is 21.7 Å². The van der Waals surface area contributed by atoms with Gasteiger partial charge in [0.25, 0.3) is 0 Å². The summed E-state index contributed by atoms with van der Waals surface area (Å²) in [4.78, 5) is 0. The molecule has 1 aromatic heterocycles. The predicted molar refractivity (Wildman–Crippen MR) is 62.9 cm³/mol. The molecule has 0 aliphatic rings. The van der Waals surface area contributed by atoms with Crippen molar-refractivity contribution >= 4 is 11.4 Å². The molecule has 0 atom stereocenters. The SMILES string of the molecule is CC[n+]1ccc(N=Nc2ccccc2)cc1. The fourth-order valence-electron chi connectivity index (χ4n) is 1.34. The number of pyridine rings is 1. The van der Waals surface area contributed by atoms with E-state index in [1.165, 1.54) is 0 Å². The number of benzene rings is 1. The highest BCUT2D eigenvalue weighted by Gasteiger charge is 1.95. The maximum atomic E-state index is 4.16. The van der Waals surface area contributed by atoms with Crippen LogP contribution in [0.3, 0.4) is 0 Å². The highest BCUT2D eigenvalue weighted by Crippen LogP contribution is 2.15. The summed E-state index contributed by atoms with van der Waals surface area (Å²) in [6.07, 6.45) is 4.00. The Labute approximate surface area is 95.1 Å². The number of aromatic nitrogens is 1. The van der Waals surface area contributed by atoms with Gasteiger partial charge in [0, 0.05) is 12.1 Å². The van der Waals surface area contributed by atoms with Crippen LogP contribution in [0, 0.1) is 0 Å². The molecule has 0 radical (unpaired) electrons. The molecule has 0 saturated heterocycles. The van der Waals surface area contributed by atoms with Crippen LogP contribution < -0.4 is 4.57 Å². The quantitative estimate of drug-likeness (QED) is 0.551. The zero-order chi connectivity index (χ0) is 11.2. The van der Waals surface area contributed by atoms with Crippen LogP contribution in [0.15, 0.2) is 65.1 Å². The van der Waals surface area contributed by atoms with E-state index in [4.69, 9.17) is 0 Å². The minimum atomic E-state index is 0.869. The number of rotatable bonds is 3. The van der Waals surface area contributed by atoms with Gasteiger partial charge in [0.15, 0.2) is 12.4 Å². The molecule has 0 aliphatic carbocycles. The van der Waals surface area contributed by atoms with Crippen LogP contribution in [-0.2, 0) is 6.54 Å². The Kier molecular flexibility index (Phi) is 3.38. The minimum Gasteiger partial charge on any atom is -0.205 e. The Balaban J connectivity index is 2.12. The van der Waals surface area contributed by atoms with Crippen LogP contribution in [0.2, 0.25) is 0 Å². The Morgan fingerprint density at radius 3 is 2.00 bits per heavy atom. The van der Waals surface area contributed by atoms with E-state index in [0.717, 1.165) is 17.9 Å². The molecule has 0 unspecified atom stereocenters. The van der Waals surface area contributed by atoms with E-state index in [9.17, 15) is 0 Å². The Bertz CT molecular complexity index is 460. The van der Waals surface area contributed by atoms with E-state index >= 15 is 0 Å². The van der Waals surface area contributed by atoms with Gasteiger partial charge in [0.05, 0.1) is 11.4 Å². The summed E-state index contributed by atoms with van der Waals surface area (Å²) in [5.41, 5.74) is 1.74. The molecule has 0 amide bonds. The van der Waals surface area contributed by atoms with Gasteiger partial charge in [-0.25, -0.2) is 4.57 Å². The van der Waals surface area contributed by atoms with Gasteiger partial charge in [-0.2, -0.15) is 10.2 Å². The molecule has 2 aromatic rings. The van der Waals surface area contributed by atoms with E-state index in [-0.39, 0.29) is 0 Å². The predicted octanol–water partition coefficient (Wildman–Crippen LogP) is 3.41. The lowest BCUT2D eigenvalue weighted by atomic mass is 10.3. The summed E-state index contributed by atoms with van der Waals surface area (Å²) < 4.78 is 2.08. The van der Waals surface area contributed by atoms with Crippen molar-refractivity contribution in [1.82, 2.24) is 0 Å². The van der Waals surface area contributed by atoms with E-state index < -0.39 is 0 Å². The molecule has 0 spiro atoms. The second-order valence-corrected chi connectivity index (χ2v) is 3.42. The smallest absolute Gasteiger partial charge is 0.170 e. The minimum absolute atomic E-state index is 0.869. The monoisotopic (exact) mass is 212 g/mol. The van der Waals surface area contributed by atoms with Crippen molar-refractivity contribution in [2.45, 2.75) is 13.5 Å². The Morgan fingerprint density at radius 2 is 1.44 bits per heavy atom. The first kappa shape index (κ1) is 10.5. The van der Waals surface area contributed by atoms with Crippen molar-refractivity contribution < 1.29 is 4.57 Å². The maximum absolute atomic E-state index is 4.16. The molecule has 80 valence electrons. The van der Waals surface area contributed by atoms with Gasteiger partial charge in [-0.05, 0) is 19.1 Å². The largest absolute Gasteiger partial charge is 0.205 e. The fraction of sp³-hybridized carbons (Fsp3) is 0.154. The third-order valence-electron chi connectivity index (χ3n) is 2.28. The summed E-state index contributed by atoms with van der Waals surface area (Å²) in [5.74, 6) is 0. The van der Waals surface area contributed by atoms with Gasteiger partial charge in [0.1, 0.15) is 6.54 Å². The summed E-state index contributed by atoms with van der Waals surface area (Å²) in [7, 11) is 0. The molecule has 3 nitrogen and oxygen atoms in total. The average Bonchev–Trinajstić information content (AvgIpc) is 2.38. The molecule has 3 heteroatoms. The molecule has 0 N–H and O–H groups in total. The first-order chi connectivity index (χ1) is 7.88. The van der Waals surface area contributed by atoms with Crippen LogP contribution in [0.1, 0.15) is 6.92 Å². The van der Waals surface area contributed by atoms with Crippen molar-refractivity contribution in [2.75, 3.05) is 0 Å². The van der Waals surface area contributed by atoms with Crippen molar-refractivity contribution in [3.8, 4) is 0 Å². The van der Waals surface area contributed by atoms with Gasteiger partial charge in [-0.15, -0.1) is 0 Å². The lowest BCUT2D eigenvalue weighted by molar-refractivity contribution is -0.693. The van der Waals surface area contributed by atoms with Crippen molar-refractivity contribution in [1.29, 1.82) is 0 Å². The standard InChI is InChI=1S/C13H14N3/c1-2-16-10-8-13(9-11-16)15-14-12-6-4-3-5-7-12/h3-11H,2H2,1H3/q+1. The van der Waals surface area contributed by atoms with E-state index in [1.54, 1.807) is 0 Å². The summed E-state index contributed by atoms with van der Waals surface area (Å²) in [6, 6.07) is 13.6. The molecule has 16 heavy (non-hydrogen) atoms. The maximum Gasteiger partial charge on any atom is 0.170 e. The molecule has 0 fully saturated rings. The second kappa shape index (κ2) is 5.16. The summed E-state index contributed by atoms with van der Waals surface area (Å²) >= 11 is 0. The first-order valence-corrected chi connectivity index (χ1v) is 5.34. The van der Waals surface area contributed by atoms with Gasteiger partial charge in [-0.3, -0.25) is 0 Å². The second-order valence-electron chi connectivity index (χ2n) is 3.42. The number of hydrogen-bond acceptors (Lipinski definition) is 2. The van der Waals surface area contributed by atoms with Gasteiger partial charge in [-0.1, -0.05) is 18.2 Å². The lowest BCUT2D eigenvalue weighted by Gasteiger charge is -1.92. The van der Waals surface area contributed by atoms with E-state index in [1.807, 2.05) is 54.9 Å². The molecule has 1 aromatic carbocycles. The molecule has 0 aliphatic heterocycles. The molecular weight excluding hydrogens is 198 g/mol. The molecule has 0 bridgehead atoms. The Morgan fingerprint density at radius 1 is 0.875 bits per heavy atom. The van der Waals surface area contributed by atoms with Crippen molar-refractivity contribution in [3.63, 3.8) is 0 Å². The number of azo groups is 1. The lowest BCUT2D eigenvalue weighted by Crippen LogP contribution is -2.30. The normalized spacial score (nSPS) is 10.8. The Hall–Kier alpha value is -2.03. The van der Waals surface area contributed by atoms with E-state index in [0.29, 0.717) is 0 Å². The van der Waals surface area contributed by atoms with Gasteiger partial charge in [0.2, 0.25) is 0 Å². The highest BCUT2D eigenvalue weighted by molar-refractivity contribution is 5.37. The van der Waals surface area contributed by atoms with Crippen molar-refractivity contribution in [3.05, 3.63) is 54.9 Å². The van der Waals surface area contributed by atoms with Crippen LogP contribution in [0.25, 0.3) is 0 Å². The first-order valence-electron chi connectivity index (χ1n) is 5.34. The molecule has 2 rings (SSSR count). The zero-order valence-corrected chi connectivity index (χ0v) is 9.24. The molecule has 1 heterocycles. The van der Waals surface area contributed by atoms with Crippen LogP contribution in [-0.4, -0.2) is 0 Å². The third kappa shape index (κ3) is 2.73. The number of nitrogens with zero attached hydrogens (tertiary/aromatic N) is 3. The van der Waals surface area contributed by atoms with Crippen LogP contribution in [0.5, 0.6) is 0 Å². The molecular formula is C13H14N3+. The average molecular weight is 212 g/mol. The van der Waals surface area contributed by atoms with Crippen molar-refractivity contribution in [2.24, 2.45) is 10.2 Å². The van der Waals surface area contributed by atoms with Gasteiger partial charge >= 0.3 is 0 Å². The number of aryl methyl sites for hydroxylation is 1. The topological polar surface area (TPSA) is 28.6 Å². The summed E-state index contributed by atoms with van der Waals surface area (Å²) in [5, 5.41) is 8.31. The van der Waals surface area contributed by atoms with Gasteiger partial charge < -0.3 is 0 Å². The third-order valence-corrected chi connectivity index (χ3v) is 2.28. The number of hydrogen-bond donors (Lipinski definition) is 0. The molecule has 0 saturated carbocycles.